The summed E-state index contributed by atoms with van der Waals surface area (Å²) >= 11 is 5.42. The summed E-state index contributed by atoms with van der Waals surface area (Å²) in [6.45, 7) is 4.78. The molecule has 0 atom stereocenters. The number of benzene rings is 2. The summed E-state index contributed by atoms with van der Waals surface area (Å²) in [5, 5.41) is 11.7. The van der Waals surface area contributed by atoms with Gasteiger partial charge in [-0.15, -0.1) is 0 Å². The van der Waals surface area contributed by atoms with E-state index in [1.807, 2.05) is 60.1 Å². The van der Waals surface area contributed by atoms with Crippen molar-refractivity contribution < 1.29 is 0 Å². The van der Waals surface area contributed by atoms with Gasteiger partial charge in [0.2, 0.25) is 0 Å². The molecule has 0 aliphatic rings. The second kappa shape index (κ2) is 7.27. The van der Waals surface area contributed by atoms with Crippen molar-refractivity contribution in [3.63, 3.8) is 0 Å². The minimum Gasteiger partial charge on any atom is -0.332 e. The van der Waals surface area contributed by atoms with Crippen LogP contribution in [0.5, 0.6) is 0 Å². The molecule has 1 heterocycles. The van der Waals surface area contributed by atoms with Gasteiger partial charge in [0.1, 0.15) is 0 Å². The fraction of sp³-hybridized carbons (Fsp3) is 0.158. The first-order valence-corrected chi connectivity index (χ1v) is 8.25. The van der Waals surface area contributed by atoms with E-state index >= 15 is 0 Å². The lowest BCUT2D eigenvalue weighted by Gasteiger charge is -2.11. The van der Waals surface area contributed by atoms with Gasteiger partial charge in [0, 0.05) is 5.69 Å². The van der Waals surface area contributed by atoms with Gasteiger partial charge in [-0.1, -0.05) is 48.5 Å². The van der Waals surface area contributed by atoms with E-state index in [0.717, 1.165) is 29.3 Å². The number of aromatic nitrogens is 2. The van der Waals surface area contributed by atoms with Crippen molar-refractivity contribution in [3.8, 4) is 0 Å². The van der Waals surface area contributed by atoms with Gasteiger partial charge >= 0.3 is 0 Å². The standard InChI is InChI=1S/C19H20N4S/c1-14-18(21-19(24)20-17-11-7-4-8-12-17)15(2)23(22-14)13-16-9-5-3-6-10-16/h3-12H,13H2,1-2H3,(H2,20,21,24). The van der Waals surface area contributed by atoms with Crippen molar-refractivity contribution in [2.45, 2.75) is 20.4 Å². The van der Waals surface area contributed by atoms with Crippen LogP contribution >= 0.6 is 12.2 Å². The lowest BCUT2D eigenvalue weighted by Crippen LogP contribution is -2.19. The number of thiocarbonyl (C=S) groups is 1. The molecule has 3 aromatic rings. The van der Waals surface area contributed by atoms with E-state index in [1.54, 1.807) is 0 Å². The molecular weight excluding hydrogens is 316 g/mol. The Hall–Kier alpha value is -2.66. The molecule has 0 saturated heterocycles. The van der Waals surface area contributed by atoms with Crippen LogP contribution in [-0.4, -0.2) is 14.9 Å². The molecular formula is C19H20N4S. The summed E-state index contributed by atoms with van der Waals surface area (Å²) in [5.41, 5.74) is 5.13. The van der Waals surface area contributed by atoms with Crippen molar-refractivity contribution in [2.24, 2.45) is 0 Å². The number of anilines is 2. The Labute approximate surface area is 147 Å². The van der Waals surface area contributed by atoms with Crippen molar-refractivity contribution in [1.82, 2.24) is 9.78 Å². The topological polar surface area (TPSA) is 41.9 Å². The SMILES string of the molecule is Cc1nn(Cc2ccccc2)c(C)c1NC(=S)Nc1ccccc1. The summed E-state index contributed by atoms with van der Waals surface area (Å²) in [6, 6.07) is 20.2. The van der Waals surface area contributed by atoms with Gasteiger partial charge in [-0.2, -0.15) is 5.10 Å². The zero-order chi connectivity index (χ0) is 16.9. The van der Waals surface area contributed by atoms with Gasteiger partial charge in [-0.25, -0.2) is 0 Å². The van der Waals surface area contributed by atoms with E-state index in [4.69, 9.17) is 12.2 Å². The highest BCUT2D eigenvalue weighted by Crippen LogP contribution is 2.21. The number of nitrogens with zero attached hydrogens (tertiary/aromatic N) is 2. The van der Waals surface area contributed by atoms with Crippen LogP contribution in [-0.2, 0) is 6.54 Å². The minimum atomic E-state index is 0.562. The van der Waals surface area contributed by atoms with Crippen LogP contribution in [0.25, 0.3) is 0 Å². The van der Waals surface area contributed by atoms with E-state index < -0.39 is 0 Å². The second-order valence-corrected chi connectivity index (χ2v) is 6.04. The fourth-order valence-corrected chi connectivity index (χ4v) is 2.81. The van der Waals surface area contributed by atoms with Gasteiger partial charge < -0.3 is 10.6 Å². The Morgan fingerprint density at radius 2 is 1.58 bits per heavy atom. The van der Waals surface area contributed by atoms with Gasteiger partial charge in [0.15, 0.2) is 5.11 Å². The Morgan fingerprint density at radius 1 is 0.958 bits per heavy atom. The number of aryl methyl sites for hydroxylation is 1. The van der Waals surface area contributed by atoms with E-state index in [9.17, 15) is 0 Å². The van der Waals surface area contributed by atoms with E-state index in [2.05, 4.69) is 34.8 Å². The molecule has 0 fully saturated rings. The molecule has 0 unspecified atom stereocenters. The largest absolute Gasteiger partial charge is 0.332 e. The molecule has 0 saturated carbocycles. The Morgan fingerprint density at radius 3 is 2.25 bits per heavy atom. The molecule has 2 aromatic carbocycles. The van der Waals surface area contributed by atoms with E-state index in [-0.39, 0.29) is 0 Å². The summed E-state index contributed by atoms with van der Waals surface area (Å²) in [6.07, 6.45) is 0. The highest BCUT2D eigenvalue weighted by Gasteiger charge is 2.13. The first-order chi connectivity index (χ1) is 11.6. The number of rotatable bonds is 4. The highest BCUT2D eigenvalue weighted by atomic mass is 32.1. The summed E-state index contributed by atoms with van der Waals surface area (Å²) in [5.74, 6) is 0. The van der Waals surface area contributed by atoms with Crippen molar-refractivity contribution in [3.05, 3.63) is 77.6 Å². The van der Waals surface area contributed by atoms with Crippen LogP contribution in [0.1, 0.15) is 17.0 Å². The molecule has 2 N–H and O–H groups in total. The Kier molecular flexibility index (Phi) is 4.91. The first-order valence-electron chi connectivity index (χ1n) is 7.84. The predicted octanol–water partition coefficient (Wildman–Crippen LogP) is 4.36. The maximum absolute atomic E-state index is 5.42. The monoisotopic (exact) mass is 336 g/mol. The number of hydrogen-bond donors (Lipinski definition) is 2. The third-order valence-electron chi connectivity index (χ3n) is 3.83. The van der Waals surface area contributed by atoms with Gasteiger partial charge in [0.05, 0.1) is 23.6 Å². The molecule has 0 aliphatic heterocycles. The molecule has 0 bridgehead atoms. The molecule has 0 radical (unpaired) electrons. The first kappa shape index (κ1) is 16.2. The predicted molar refractivity (Wildman–Crippen MR) is 104 cm³/mol. The molecule has 122 valence electrons. The molecule has 0 amide bonds. The Balaban J connectivity index is 1.73. The van der Waals surface area contributed by atoms with Crippen molar-refractivity contribution >= 4 is 28.7 Å². The maximum Gasteiger partial charge on any atom is 0.175 e. The second-order valence-electron chi connectivity index (χ2n) is 5.63. The zero-order valence-corrected chi connectivity index (χ0v) is 14.6. The molecule has 0 aliphatic carbocycles. The van der Waals surface area contributed by atoms with Crippen LogP contribution in [0.3, 0.4) is 0 Å². The number of nitrogens with one attached hydrogen (secondary N) is 2. The Bertz CT molecular complexity index is 825. The van der Waals surface area contributed by atoms with E-state index in [1.165, 1.54) is 5.56 Å². The smallest absolute Gasteiger partial charge is 0.175 e. The normalized spacial score (nSPS) is 10.4. The highest BCUT2D eigenvalue weighted by molar-refractivity contribution is 7.80. The molecule has 5 heteroatoms. The van der Waals surface area contributed by atoms with Crippen LogP contribution in [0, 0.1) is 13.8 Å². The lowest BCUT2D eigenvalue weighted by molar-refractivity contribution is 0.659. The third kappa shape index (κ3) is 3.81. The quantitative estimate of drug-likeness (QED) is 0.695. The molecule has 24 heavy (non-hydrogen) atoms. The molecule has 3 rings (SSSR count). The number of hydrogen-bond acceptors (Lipinski definition) is 2. The molecule has 0 spiro atoms. The third-order valence-corrected chi connectivity index (χ3v) is 4.03. The summed E-state index contributed by atoms with van der Waals surface area (Å²) < 4.78 is 2.00. The fourth-order valence-electron chi connectivity index (χ4n) is 2.59. The average molecular weight is 336 g/mol. The van der Waals surface area contributed by atoms with E-state index in [0.29, 0.717) is 5.11 Å². The number of para-hydroxylation sites is 1. The average Bonchev–Trinajstić information content (AvgIpc) is 2.84. The van der Waals surface area contributed by atoms with Gasteiger partial charge in [-0.05, 0) is 43.8 Å². The van der Waals surface area contributed by atoms with Crippen LogP contribution in [0.15, 0.2) is 60.7 Å². The molecule has 4 nitrogen and oxygen atoms in total. The van der Waals surface area contributed by atoms with Crippen LogP contribution < -0.4 is 10.6 Å². The summed E-state index contributed by atoms with van der Waals surface area (Å²) in [4.78, 5) is 0. The maximum atomic E-state index is 5.42. The van der Waals surface area contributed by atoms with Gasteiger partial charge in [0.25, 0.3) is 0 Å². The minimum absolute atomic E-state index is 0.562. The van der Waals surface area contributed by atoms with Crippen molar-refractivity contribution in [1.29, 1.82) is 0 Å². The molecule has 1 aromatic heterocycles. The van der Waals surface area contributed by atoms with Gasteiger partial charge in [-0.3, -0.25) is 4.68 Å². The van der Waals surface area contributed by atoms with Crippen molar-refractivity contribution in [2.75, 3.05) is 10.6 Å². The van der Waals surface area contributed by atoms with Crippen LogP contribution in [0.2, 0.25) is 0 Å². The zero-order valence-electron chi connectivity index (χ0n) is 13.8. The van der Waals surface area contributed by atoms with Crippen LogP contribution in [0.4, 0.5) is 11.4 Å². The lowest BCUT2D eigenvalue weighted by atomic mass is 10.2. The summed E-state index contributed by atoms with van der Waals surface area (Å²) in [7, 11) is 0.